The van der Waals surface area contributed by atoms with Gasteiger partial charge in [-0.3, -0.25) is 5.32 Å². The van der Waals surface area contributed by atoms with E-state index >= 15 is 0 Å². The van der Waals surface area contributed by atoms with Gasteiger partial charge in [0.1, 0.15) is 5.54 Å². The molecule has 1 N–H and O–H groups in total. The van der Waals surface area contributed by atoms with Crippen molar-refractivity contribution in [1.29, 1.82) is 5.26 Å². The number of unbranched alkanes of at least 4 members (excludes halogenated alkanes) is 1. The summed E-state index contributed by atoms with van der Waals surface area (Å²) in [5, 5.41) is 12.5. The minimum absolute atomic E-state index is 0.343. The van der Waals surface area contributed by atoms with Crippen LogP contribution in [0.1, 0.15) is 40.0 Å². The summed E-state index contributed by atoms with van der Waals surface area (Å²) in [5.41, 5.74) is -0.343. The first-order valence-corrected chi connectivity index (χ1v) is 7.59. The molecule has 1 aliphatic heterocycles. The Hall–Kier alpha value is -0.630. The van der Waals surface area contributed by atoms with Gasteiger partial charge < -0.3 is 9.80 Å². The van der Waals surface area contributed by atoms with E-state index < -0.39 is 0 Å². The van der Waals surface area contributed by atoms with Gasteiger partial charge in [0.25, 0.3) is 0 Å². The summed E-state index contributed by atoms with van der Waals surface area (Å²) in [4.78, 5) is 4.98. The minimum Gasteiger partial charge on any atom is -0.301 e. The molecule has 1 rings (SSSR count). The van der Waals surface area contributed by atoms with Crippen molar-refractivity contribution in [2.45, 2.75) is 51.6 Å². The van der Waals surface area contributed by atoms with Crippen LogP contribution in [0.3, 0.4) is 0 Å². The maximum absolute atomic E-state index is 9.20. The molecule has 19 heavy (non-hydrogen) atoms. The van der Waals surface area contributed by atoms with Gasteiger partial charge in [0.15, 0.2) is 0 Å². The molecule has 4 nitrogen and oxygen atoms in total. The van der Waals surface area contributed by atoms with Crippen LogP contribution < -0.4 is 5.32 Å². The molecular weight excluding hydrogens is 236 g/mol. The molecule has 1 fully saturated rings. The lowest BCUT2D eigenvalue weighted by molar-refractivity contribution is 0.103. The second-order valence-corrected chi connectivity index (χ2v) is 6.06. The lowest BCUT2D eigenvalue weighted by Gasteiger charge is -2.37. The number of rotatable bonds is 7. The predicted molar refractivity (Wildman–Crippen MR) is 80.1 cm³/mol. The summed E-state index contributed by atoms with van der Waals surface area (Å²) in [6, 6.07) is 3.07. The van der Waals surface area contributed by atoms with E-state index in [1.54, 1.807) is 0 Å². The van der Waals surface area contributed by atoms with Gasteiger partial charge in [-0.25, -0.2) is 0 Å². The zero-order valence-electron chi connectivity index (χ0n) is 13.1. The Bertz CT molecular complexity index is 299. The van der Waals surface area contributed by atoms with Gasteiger partial charge in [0, 0.05) is 25.7 Å². The highest BCUT2D eigenvalue weighted by atomic mass is 15.3. The maximum atomic E-state index is 9.20. The van der Waals surface area contributed by atoms with E-state index in [0.29, 0.717) is 6.04 Å². The SMILES string of the molecule is CCNC(C)(C#N)CCCCN1CCN(C)C(C)C1. The van der Waals surface area contributed by atoms with E-state index in [-0.39, 0.29) is 5.54 Å². The molecule has 0 spiro atoms. The fourth-order valence-electron chi connectivity index (χ4n) is 2.71. The Morgan fingerprint density at radius 3 is 2.68 bits per heavy atom. The summed E-state index contributed by atoms with van der Waals surface area (Å²) in [5.74, 6) is 0. The van der Waals surface area contributed by atoms with E-state index in [2.05, 4.69) is 42.1 Å². The van der Waals surface area contributed by atoms with Crippen LogP contribution >= 0.6 is 0 Å². The first-order valence-electron chi connectivity index (χ1n) is 7.59. The van der Waals surface area contributed by atoms with E-state index in [0.717, 1.165) is 19.4 Å². The average molecular weight is 266 g/mol. The molecule has 0 aromatic rings. The summed E-state index contributed by atoms with van der Waals surface area (Å²) in [6.45, 7) is 11.9. The second kappa shape index (κ2) is 7.84. The lowest BCUT2D eigenvalue weighted by Crippen LogP contribution is -2.50. The monoisotopic (exact) mass is 266 g/mol. The highest BCUT2D eigenvalue weighted by Crippen LogP contribution is 2.14. The molecular formula is C15H30N4. The first kappa shape index (κ1) is 16.4. The Kier molecular flexibility index (Phi) is 6.78. The summed E-state index contributed by atoms with van der Waals surface area (Å²) < 4.78 is 0. The largest absolute Gasteiger partial charge is 0.301 e. The topological polar surface area (TPSA) is 42.3 Å². The summed E-state index contributed by atoms with van der Waals surface area (Å²) in [6.07, 6.45) is 3.26. The molecule has 1 saturated heterocycles. The zero-order chi connectivity index (χ0) is 14.3. The van der Waals surface area contributed by atoms with Gasteiger partial charge in [0.05, 0.1) is 6.07 Å². The Labute approximate surface area is 118 Å². The summed E-state index contributed by atoms with van der Waals surface area (Å²) >= 11 is 0. The summed E-state index contributed by atoms with van der Waals surface area (Å²) in [7, 11) is 2.21. The van der Waals surface area contributed by atoms with Gasteiger partial charge >= 0.3 is 0 Å². The van der Waals surface area contributed by atoms with Crippen molar-refractivity contribution in [2.75, 3.05) is 39.8 Å². The fourth-order valence-corrected chi connectivity index (χ4v) is 2.71. The molecule has 1 aliphatic rings. The van der Waals surface area contributed by atoms with E-state index in [1.807, 2.05) is 6.92 Å². The van der Waals surface area contributed by atoms with Gasteiger partial charge in [-0.15, -0.1) is 0 Å². The van der Waals surface area contributed by atoms with Crippen LogP contribution in [0.2, 0.25) is 0 Å². The van der Waals surface area contributed by atoms with Crippen molar-refractivity contribution in [1.82, 2.24) is 15.1 Å². The number of nitriles is 1. The van der Waals surface area contributed by atoms with Gasteiger partial charge in [-0.2, -0.15) is 5.26 Å². The number of likely N-dealkylation sites (N-methyl/N-ethyl adjacent to an activating group) is 1. The molecule has 2 atom stereocenters. The van der Waals surface area contributed by atoms with E-state index in [9.17, 15) is 5.26 Å². The van der Waals surface area contributed by atoms with Crippen molar-refractivity contribution >= 4 is 0 Å². The second-order valence-electron chi connectivity index (χ2n) is 6.06. The third kappa shape index (κ3) is 5.48. The Morgan fingerprint density at radius 2 is 2.11 bits per heavy atom. The van der Waals surface area contributed by atoms with Crippen molar-refractivity contribution in [3.8, 4) is 6.07 Å². The van der Waals surface area contributed by atoms with Gasteiger partial charge in [-0.05, 0) is 53.2 Å². The van der Waals surface area contributed by atoms with Crippen molar-refractivity contribution in [3.63, 3.8) is 0 Å². The smallest absolute Gasteiger partial charge is 0.103 e. The third-order valence-electron chi connectivity index (χ3n) is 4.26. The first-order chi connectivity index (χ1) is 9.00. The molecule has 0 aromatic carbocycles. The standard InChI is InChI=1S/C15H30N4/c1-5-17-15(3,13-16)8-6-7-9-19-11-10-18(4)14(2)12-19/h14,17H,5-12H2,1-4H3. The predicted octanol–water partition coefficient (Wildman–Crippen LogP) is 1.68. The number of hydrogen-bond acceptors (Lipinski definition) is 4. The number of nitrogens with one attached hydrogen (secondary N) is 1. The molecule has 0 radical (unpaired) electrons. The highest BCUT2D eigenvalue weighted by molar-refractivity contribution is 5.03. The minimum atomic E-state index is -0.343. The van der Waals surface area contributed by atoms with E-state index in [4.69, 9.17) is 0 Å². The molecule has 0 amide bonds. The molecule has 1 heterocycles. The molecule has 0 aromatic heterocycles. The molecule has 2 unspecified atom stereocenters. The number of hydrogen-bond donors (Lipinski definition) is 1. The van der Waals surface area contributed by atoms with Crippen molar-refractivity contribution in [2.24, 2.45) is 0 Å². The Morgan fingerprint density at radius 1 is 1.37 bits per heavy atom. The van der Waals surface area contributed by atoms with Crippen LogP contribution in [0.4, 0.5) is 0 Å². The van der Waals surface area contributed by atoms with E-state index in [1.165, 1.54) is 32.6 Å². The van der Waals surface area contributed by atoms with Crippen LogP contribution in [0.5, 0.6) is 0 Å². The lowest BCUT2D eigenvalue weighted by atomic mass is 9.96. The quantitative estimate of drug-likeness (QED) is 0.712. The molecule has 0 aliphatic carbocycles. The number of piperazine rings is 1. The highest BCUT2D eigenvalue weighted by Gasteiger charge is 2.22. The van der Waals surface area contributed by atoms with Crippen LogP contribution in [0.15, 0.2) is 0 Å². The average Bonchev–Trinajstić information content (AvgIpc) is 2.39. The number of nitrogens with zero attached hydrogens (tertiary/aromatic N) is 3. The van der Waals surface area contributed by atoms with Crippen molar-refractivity contribution < 1.29 is 0 Å². The van der Waals surface area contributed by atoms with Crippen LogP contribution in [0.25, 0.3) is 0 Å². The fraction of sp³-hybridized carbons (Fsp3) is 0.933. The molecule has 4 heteroatoms. The van der Waals surface area contributed by atoms with Crippen LogP contribution in [-0.4, -0.2) is 61.2 Å². The maximum Gasteiger partial charge on any atom is 0.103 e. The normalized spacial score (nSPS) is 24.9. The Balaban J connectivity index is 2.19. The van der Waals surface area contributed by atoms with Crippen LogP contribution in [-0.2, 0) is 0 Å². The molecule has 0 bridgehead atoms. The van der Waals surface area contributed by atoms with Crippen molar-refractivity contribution in [3.05, 3.63) is 0 Å². The van der Waals surface area contributed by atoms with Gasteiger partial charge in [-0.1, -0.05) is 6.92 Å². The third-order valence-corrected chi connectivity index (χ3v) is 4.26. The zero-order valence-corrected chi connectivity index (χ0v) is 13.1. The van der Waals surface area contributed by atoms with Gasteiger partial charge in [0.2, 0.25) is 0 Å². The molecule has 0 saturated carbocycles. The molecule has 110 valence electrons. The van der Waals surface area contributed by atoms with Crippen LogP contribution in [0, 0.1) is 11.3 Å².